The summed E-state index contributed by atoms with van der Waals surface area (Å²) in [6.45, 7) is 11.0. The second-order valence-corrected chi connectivity index (χ2v) is 11.9. The standard InChI is InChI=1S/C24H39IN4O6S/c1-7-16-15(6)8-9-36-11-17(22(32)27-16)28-23(33)20(13(2)3)29-19(31)10-18(25)35-24(34)21(14(4)5)26-12-30/h7,12-15,17-18,20-21H,8-11H2,1-6H3,(H,26,30)(H,27,32)(H,28,33)(H,29,31)/b16-7-/t15?,17-,18-,20-,21+/m1/s1. The van der Waals surface area contributed by atoms with Crippen LogP contribution in [-0.2, 0) is 28.7 Å². The zero-order valence-electron chi connectivity index (χ0n) is 21.8. The Morgan fingerprint density at radius 2 is 1.83 bits per heavy atom. The van der Waals surface area contributed by atoms with E-state index >= 15 is 0 Å². The number of halogens is 1. The van der Waals surface area contributed by atoms with Crippen molar-refractivity contribution in [2.45, 2.75) is 76.6 Å². The lowest BCUT2D eigenvalue weighted by Gasteiger charge is -2.26. The lowest BCUT2D eigenvalue weighted by atomic mass is 10.0. The van der Waals surface area contributed by atoms with Crippen LogP contribution in [0.15, 0.2) is 11.8 Å². The van der Waals surface area contributed by atoms with E-state index in [1.807, 2.05) is 35.6 Å². The van der Waals surface area contributed by atoms with Crippen molar-refractivity contribution in [3.63, 3.8) is 0 Å². The quantitative estimate of drug-likeness (QED) is 0.117. The Hall–Kier alpha value is -1.83. The zero-order chi connectivity index (χ0) is 27.4. The molecule has 1 heterocycles. The average molecular weight is 639 g/mol. The van der Waals surface area contributed by atoms with Gasteiger partial charge in [-0.05, 0) is 59.4 Å². The van der Waals surface area contributed by atoms with Crippen LogP contribution in [0.2, 0.25) is 0 Å². The van der Waals surface area contributed by atoms with Crippen molar-refractivity contribution in [1.82, 2.24) is 21.3 Å². The van der Waals surface area contributed by atoms with E-state index < -0.39 is 40.0 Å². The van der Waals surface area contributed by atoms with Crippen LogP contribution >= 0.6 is 34.4 Å². The zero-order valence-corrected chi connectivity index (χ0v) is 24.7. The molecule has 1 rings (SSSR count). The first-order valence-electron chi connectivity index (χ1n) is 12.1. The smallest absolute Gasteiger partial charge is 0.329 e. The predicted octanol–water partition coefficient (Wildman–Crippen LogP) is 1.87. The van der Waals surface area contributed by atoms with Crippen LogP contribution in [0.3, 0.4) is 0 Å². The van der Waals surface area contributed by atoms with Crippen molar-refractivity contribution in [3.8, 4) is 0 Å². The van der Waals surface area contributed by atoms with E-state index in [9.17, 15) is 24.0 Å². The summed E-state index contributed by atoms with van der Waals surface area (Å²) in [6, 6.07) is -2.43. The van der Waals surface area contributed by atoms with Crippen LogP contribution in [0.1, 0.15) is 54.4 Å². The summed E-state index contributed by atoms with van der Waals surface area (Å²) in [5.41, 5.74) is 0.834. The van der Waals surface area contributed by atoms with Crippen molar-refractivity contribution in [2.24, 2.45) is 17.8 Å². The molecule has 4 N–H and O–H groups in total. The van der Waals surface area contributed by atoms with E-state index in [1.54, 1.807) is 39.5 Å². The number of amides is 4. The Morgan fingerprint density at radius 1 is 1.19 bits per heavy atom. The number of hydrogen-bond acceptors (Lipinski definition) is 7. The first-order valence-corrected chi connectivity index (χ1v) is 14.5. The first-order chi connectivity index (χ1) is 16.9. The third kappa shape index (κ3) is 10.7. The van der Waals surface area contributed by atoms with Crippen LogP contribution < -0.4 is 21.3 Å². The Kier molecular flexibility index (Phi) is 14.4. The van der Waals surface area contributed by atoms with Gasteiger partial charge in [0.05, 0.1) is 6.42 Å². The predicted molar refractivity (Wildman–Crippen MR) is 148 cm³/mol. The lowest BCUT2D eigenvalue weighted by molar-refractivity contribution is -0.150. The molecule has 0 saturated carbocycles. The third-order valence-corrected chi connectivity index (χ3v) is 7.53. The molecule has 1 aliphatic heterocycles. The van der Waals surface area contributed by atoms with Crippen LogP contribution in [0.5, 0.6) is 0 Å². The molecule has 0 aromatic heterocycles. The summed E-state index contributed by atoms with van der Waals surface area (Å²) < 4.78 is 4.51. The van der Waals surface area contributed by atoms with Crippen LogP contribution in [0, 0.1) is 17.8 Å². The first kappa shape index (κ1) is 32.2. The Labute approximate surface area is 231 Å². The maximum atomic E-state index is 13.1. The molecule has 1 unspecified atom stereocenters. The van der Waals surface area contributed by atoms with Gasteiger partial charge < -0.3 is 26.0 Å². The highest BCUT2D eigenvalue weighted by Gasteiger charge is 2.31. The van der Waals surface area contributed by atoms with Gasteiger partial charge in [-0.15, -0.1) is 0 Å². The number of rotatable bonds is 11. The second-order valence-electron chi connectivity index (χ2n) is 9.41. The maximum Gasteiger partial charge on any atom is 0.329 e. The van der Waals surface area contributed by atoms with Gasteiger partial charge in [0.15, 0.2) is 4.11 Å². The van der Waals surface area contributed by atoms with Crippen LogP contribution in [0.25, 0.3) is 0 Å². The van der Waals surface area contributed by atoms with Crippen LogP contribution in [0.4, 0.5) is 0 Å². The summed E-state index contributed by atoms with van der Waals surface area (Å²) in [4.78, 5) is 61.6. The van der Waals surface area contributed by atoms with Gasteiger partial charge >= 0.3 is 5.97 Å². The summed E-state index contributed by atoms with van der Waals surface area (Å²) in [5, 5.41) is 10.8. The van der Waals surface area contributed by atoms with Crippen molar-refractivity contribution in [3.05, 3.63) is 11.8 Å². The number of nitrogens with one attached hydrogen (secondary N) is 4. The van der Waals surface area contributed by atoms with Gasteiger partial charge in [-0.1, -0.05) is 40.7 Å². The van der Waals surface area contributed by atoms with Gasteiger partial charge in [-0.25, -0.2) is 4.79 Å². The molecule has 0 bridgehead atoms. The molecule has 1 fully saturated rings. The number of esters is 1. The molecule has 1 aliphatic rings. The molecule has 10 nitrogen and oxygen atoms in total. The SMILES string of the molecule is C/C=C1\NC(=O)[C@H](NC(=O)[C@H](NC(=O)C[C@H](I)OC(=O)[C@@H](NC=O)C(C)C)C(C)C)CSCCC1C. The molecule has 0 aliphatic carbocycles. The highest BCUT2D eigenvalue weighted by molar-refractivity contribution is 14.1. The Balaban J connectivity index is 2.78. The monoisotopic (exact) mass is 638 g/mol. The van der Waals surface area contributed by atoms with Gasteiger partial charge in [0, 0.05) is 11.4 Å². The van der Waals surface area contributed by atoms with E-state index in [4.69, 9.17) is 4.74 Å². The molecule has 12 heteroatoms. The van der Waals surface area contributed by atoms with Gasteiger partial charge in [0.25, 0.3) is 0 Å². The fraction of sp³-hybridized carbons (Fsp3) is 0.708. The van der Waals surface area contributed by atoms with Crippen molar-refractivity contribution in [2.75, 3.05) is 11.5 Å². The van der Waals surface area contributed by atoms with E-state index in [0.29, 0.717) is 12.2 Å². The number of hydrogen-bond donors (Lipinski definition) is 4. The number of thioether (sulfide) groups is 1. The minimum absolute atomic E-state index is 0.170. The molecule has 0 aromatic carbocycles. The number of ether oxygens (including phenoxy) is 1. The fourth-order valence-electron chi connectivity index (χ4n) is 3.53. The third-order valence-electron chi connectivity index (χ3n) is 5.75. The highest BCUT2D eigenvalue weighted by atomic mass is 127. The maximum absolute atomic E-state index is 13.1. The Morgan fingerprint density at radius 3 is 2.39 bits per heavy atom. The van der Waals surface area contributed by atoms with Crippen LogP contribution in [-0.4, -0.2) is 63.8 Å². The number of allylic oxidation sites excluding steroid dienone is 2. The van der Waals surface area contributed by atoms with Gasteiger partial charge in [0.1, 0.15) is 18.1 Å². The lowest BCUT2D eigenvalue weighted by Crippen LogP contribution is -2.56. The molecule has 0 aromatic rings. The topological polar surface area (TPSA) is 143 Å². The number of alkyl halides is 1. The van der Waals surface area contributed by atoms with Gasteiger partial charge in [-0.3, -0.25) is 19.2 Å². The molecule has 4 amide bonds. The minimum Gasteiger partial charge on any atom is -0.450 e. The summed E-state index contributed by atoms with van der Waals surface area (Å²) in [5.74, 6) is -0.778. The molecule has 0 radical (unpaired) electrons. The molecule has 1 saturated heterocycles. The molecular formula is C24H39IN4O6S. The summed E-state index contributed by atoms with van der Waals surface area (Å²) in [7, 11) is 0. The molecule has 204 valence electrons. The average Bonchev–Trinajstić information content (AvgIpc) is 2.85. The van der Waals surface area contributed by atoms with Crippen molar-refractivity contribution in [1.29, 1.82) is 0 Å². The normalized spacial score (nSPS) is 22.4. The molecular weight excluding hydrogens is 599 g/mol. The number of carbonyl (C=O) groups is 5. The van der Waals surface area contributed by atoms with Crippen molar-refractivity contribution >= 4 is 64.5 Å². The van der Waals surface area contributed by atoms with Gasteiger partial charge in [0.2, 0.25) is 24.1 Å². The van der Waals surface area contributed by atoms with E-state index in [2.05, 4.69) is 28.2 Å². The summed E-state index contributed by atoms with van der Waals surface area (Å²) >= 11 is 3.42. The fourth-order valence-corrected chi connectivity index (χ4v) is 5.34. The highest BCUT2D eigenvalue weighted by Crippen LogP contribution is 2.19. The van der Waals surface area contributed by atoms with E-state index in [-0.39, 0.29) is 30.1 Å². The van der Waals surface area contributed by atoms with Crippen molar-refractivity contribution < 1.29 is 28.7 Å². The second kappa shape index (κ2) is 16.1. The van der Waals surface area contributed by atoms with E-state index in [0.717, 1.165) is 17.9 Å². The van der Waals surface area contributed by atoms with Gasteiger partial charge in [-0.2, -0.15) is 11.8 Å². The van der Waals surface area contributed by atoms with E-state index in [1.165, 1.54) is 0 Å². The molecule has 0 spiro atoms. The molecule has 36 heavy (non-hydrogen) atoms. The molecule has 5 atom stereocenters. The number of carbonyl (C=O) groups excluding carboxylic acids is 5. The minimum atomic E-state index is -0.873. The Bertz CT molecular complexity index is 822. The summed E-state index contributed by atoms with van der Waals surface area (Å²) in [6.07, 6.45) is 3.06. The largest absolute Gasteiger partial charge is 0.450 e.